The highest BCUT2D eigenvalue weighted by molar-refractivity contribution is 7.09. The van der Waals surface area contributed by atoms with E-state index in [4.69, 9.17) is 9.47 Å². The molecule has 0 radical (unpaired) electrons. The van der Waals surface area contributed by atoms with Crippen molar-refractivity contribution in [3.8, 4) is 0 Å². The van der Waals surface area contributed by atoms with Gasteiger partial charge in [0.2, 0.25) is 0 Å². The van der Waals surface area contributed by atoms with Gasteiger partial charge < -0.3 is 19.7 Å². The molecule has 0 bridgehead atoms. The van der Waals surface area contributed by atoms with Crippen molar-refractivity contribution in [2.24, 2.45) is 17.3 Å². The van der Waals surface area contributed by atoms with Crippen molar-refractivity contribution in [2.75, 3.05) is 0 Å². The van der Waals surface area contributed by atoms with Crippen molar-refractivity contribution in [1.29, 1.82) is 0 Å². The van der Waals surface area contributed by atoms with Crippen LogP contribution in [0.2, 0.25) is 0 Å². The molecular formula is C28H43NO6S. The molecule has 0 spiro atoms. The lowest BCUT2D eigenvalue weighted by Gasteiger charge is -2.35. The van der Waals surface area contributed by atoms with E-state index in [0.717, 1.165) is 35.5 Å². The predicted octanol–water partition coefficient (Wildman–Crippen LogP) is 4.87. The Balaban J connectivity index is 1.87. The zero-order valence-corrected chi connectivity index (χ0v) is 23.6. The van der Waals surface area contributed by atoms with Gasteiger partial charge in [-0.25, -0.2) is 4.98 Å². The fraction of sp³-hybridized carbons (Fsp3) is 0.750. The molecule has 2 aliphatic rings. The highest BCUT2D eigenvalue weighted by atomic mass is 32.1. The average Bonchev–Trinajstić information content (AvgIpc) is 3.24. The molecule has 0 aromatic carbocycles. The van der Waals surface area contributed by atoms with E-state index in [1.54, 1.807) is 25.2 Å². The van der Waals surface area contributed by atoms with Gasteiger partial charge in [-0.2, -0.15) is 0 Å². The van der Waals surface area contributed by atoms with Crippen molar-refractivity contribution < 1.29 is 29.3 Å². The molecule has 7 atom stereocenters. The second kappa shape index (κ2) is 11.4. The molecule has 7 nitrogen and oxygen atoms in total. The first-order valence-electron chi connectivity index (χ1n) is 13.2. The Bertz CT molecular complexity index is 971. The van der Waals surface area contributed by atoms with Crippen LogP contribution in [0, 0.1) is 24.2 Å². The predicted molar refractivity (Wildman–Crippen MR) is 140 cm³/mol. The normalized spacial score (nSPS) is 36.8. The SMILES string of the molecule is CCC1C(=O)C(C)(C)C(O)CC(=O)OC(/C(C)=C/c2csc(C)n2)CC2OC2(C)CCCC(C)C1O. The summed E-state index contributed by atoms with van der Waals surface area (Å²) in [6.45, 7) is 13.1. The largest absolute Gasteiger partial charge is 0.458 e. The fourth-order valence-corrected chi connectivity index (χ4v) is 5.86. The van der Waals surface area contributed by atoms with Gasteiger partial charge in [-0.1, -0.05) is 34.1 Å². The number of nitrogens with zero attached hydrogens (tertiary/aromatic N) is 1. The summed E-state index contributed by atoms with van der Waals surface area (Å²) in [6.07, 6.45) is 2.49. The highest BCUT2D eigenvalue weighted by Gasteiger charge is 2.53. The summed E-state index contributed by atoms with van der Waals surface area (Å²) < 4.78 is 12.0. The van der Waals surface area contributed by atoms with E-state index in [0.29, 0.717) is 12.8 Å². The Kier molecular flexibility index (Phi) is 9.18. The van der Waals surface area contributed by atoms with Crippen molar-refractivity contribution in [1.82, 2.24) is 4.98 Å². The number of ether oxygens (including phenoxy) is 2. The lowest BCUT2D eigenvalue weighted by Crippen LogP contribution is -2.46. The van der Waals surface area contributed by atoms with Crippen LogP contribution in [0.15, 0.2) is 11.0 Å². The number of cyclic esters (lactones) is 1. The first-order valence-corrected chi connectivity index (χ1v) is 14.0. The molecule has 1 aromatic heterocycles. The van der Waals surface area contributed by atoms with Crippen molar-refractivity contribution in [3.63, 3.8) is 0 Å². The topological polar surface area (TPSA) is 109 Å². The number of fused-ring (bicyclic) bond motifs is 1. The first kappa shape index (κ1) is 29.0. The lowest BCUT2D eigenvalue weighted by atomic mass is 9.71. The van der Waals surface area contributed by atoms with Gasteiger partial charge in [-0.15, -0.1) is 11.3 Å². The number of carbonyl (C=O) groups excluding carboxylic acids is 2. The summed E-state index contributed by atoms with van der Waals surface area (Å²) in [6, 6.07) is 0. The second-order valence-corrected chi connectivity index (χ2v) is 12.6. The number of aromatic nitrogens is 1. The number of thiazole rings is 1. The van der Waals surface area contributed by atoms with E-state index in [2.05, 4.69) is 11.9 Å². The van der Waals surface area contributed by atoms with Gasteiger partial charge >= 0.3 is 5.97 Å². The summed E-state index contributed by atoms with van der Waals surface area (Å²) in [4.78, 5) is 30.9. The zero-order valence-electron chi connectivity index (χ0n) is 22.7. The number of esters is 1. The van der Waals surface area contributed by atoms with Gasteiger partial charge in [-0.05, 0) is 57.6 Å². The Morgan fingerprint density at radius 1 is 1.28 bits per heavy atom. The molecule has 2 saturated heterocycles. The van der Waals surface area contributed by atoms with E-state index < -0.39 is 35.6 Å². The number of rotatable bonds is 3. The molecular weight excluding hydrogens is 478 g/mol. The Morgan fingerprint density at radius 2 is 1.97 bits per heavy atom. The molecule has 8 heteroatoms. The minimum Gasteiger partial charge on any atom is -0.458 e. The summed E-state index contributed by atoms with van der Waals surface area (Å²) in [5, 5.41) is 24.9. The molecule has 3 rings (SSSR count). The summed E-state index contributed by atoms with van der Waals surface area (Å²) in [7, 11) is 0. The number of aliphatic hydroxyl groups is 2. The van der Waals surface area contributed by atoms with Gasteiger partial charge in [0.05, 0.1) is 46.5 Å². The monoisotopic (exact) mass is 521 g/mol. The molecule has 202 valence electrons. The van der Waals surface area contributed by atoms with E-state index in [9.17, 15) is 19.8 Å². The standard InChI is InChI=1S/C28H43NO6S/c1-8-20-25(32)16(2)10-9-11-28(7)23(35-28)13-21(17(3)12-19-15-36-18(4)29-19)34-24(31)14-22(30)27(5,6)26(20)33/h12,15-16,20-23,25,30,32H,8-11,13-14H2,1-7H3/b17-12+. The van der Waals surface area contributed by atoms with Crippen LogP contribution in [0.25, 0.3) is 6.08 Å². The molecule has 3 heterocycles. The third kappa shape index (κ3) is 6.63. The molecule has 7 unspecified atom stereocenters. The summed E-state index contributed by atoms with van der Waals surface area (Å²) in [5.41, 5.74) is 0.183. The third-order valence-electron chi connectivity index (χ3n) is 8.19. The maximum absolute atomic E-state index is 13.4. The van der Waals surface area contributed by atoms with E-state index in [1.807, 2.05) is 39.2 Å². The second-order valence-electron chi connectivity index (χ2n) is 11.5. The minimum absolute atomic E-state index is 0.0460. The maximum atomic E-state index is 13.4. The molecule has 2 aliphatic heterocycles. The van der Waals surface area contributed by atoms with Crippen molar-refractivity contribution in [2.45, 2.75) is 117 Å². The number of aryl methyl sites for hydroxylation is 1. The van der Waals surface area contributed by atoms with Crippen LogP contribution >= 0.6 is 11.3 Å². The smallest absolute Gasteiger partial charge is 0.309 e. The highest BCUT2D eigenvalue weighted by Crippen LogP contribution is 2.45. The Hall–Kier alpha value is -1.61. The van der Waals surface area contributed by atoms with Crippen LogP contribution < -0.4 is 0 Å². The Morgan fingerprint density at radius 3 is 2.58 bits per heavy atom. The third-order valence-corrected chi connectivity index (χ3v) is 8.98. The molecule has 0 aliphatic carbocycles. The molecule has 1 aromatic rings. The van der Waals surface area contributed by atoms with Crippen LogP contribution in [0.3, 0.4) is 0 Å². The minimum atomic E-state index is -1.23. The number of hydrogen-bond acceptors (Lipinski definition) is 8. The zero-order chi connectivity index (χ0) is 26.8. The van der Waals surface area contributed by atoms with Gasteiger partial charge in [0.1, 0.15) is 11.9 Å². The number of Topliss-reactive ketones (excluding diaryl/α,β-unsaturated/α-hetero) is 1. The molecule has 0 saturated carbocycles. The van der Waals surface area contributed by atoms with Crippen LogP contribution in [0.5, 0.6) is 0 Å². The van der Waals surface area contributed by atoms with Crippen LogP contribution in [-0.4, -0.2) is 57.0 Å². The van der Waals surface area contributed by atoms with E-state index in [-0.39, 0.29) is 29.8 Å². The number of epoxide rings is 1. The van der Waals surface area contributed by atoms with Crippen molar-refractivity contribution >= 4 is 29.2 Å². The summed E-state index contributed by atoms with van der Waals surface area (Å²) in [5.74, 6) is -1.45. The lowest BCUT2D eigenvalue weighted by molar-refractivity contribution is -0.154. The fourth-order valence-electron chi connectivity index (χ4n) is 5.29. The number of ketones is 1. The van der Waals surface area contributed by atoms with Crippen LogP contribution in [0.4, 0.5) is 0 Å². The Labute approximate surface area is 219 Å². The van der Waals surface area contributed by atoms with Crippen LogP contribution in [-0.2, 0) is 19.1 Å². The van der Waals surface area contributed by atoms with Gasteiger partial charge in [0.25, 0.3) is 0 Å². The molecule has 36 heavy (non-hydrogen) atoms. The number of carbonyl (C=O) groups is 2. The first-order chi connectivity index (χ1) is 16.8. The number of hydrogen-bond donors (Lipinski definition) is 2. The van der Waals surface area contributed by atoms with E-state index >= 15 is 0 Å². The van der Waals surface area contributed by atoms with Crippen molar-refractivity contribution in [3.05, 3.63) is 21.7 Å². The molecule has 0 amide bonds. The number of aliphatic hydroxyl groups excluding tert-OH is 2. The molecule has 2 fully saturated rings. The molecule has 2 N–H and O–H groups in total. The van der Waals surface area contributed by atoms with Gasteiger partial charge in [0, 0.05) is 17.7 Å². The quantitative estimate of drug-likeness (QED) is 0.431. The van der Waals surface area contributed by atoms with Gasteiger partial charge in [-0.3, -0.25) is 9.59 Å². The van der Waals surface area contributed by atoms with E-state index in [1.165, 1.54) is 0 Å². The summed E-state index contributed by atoms with van der Waals surface area (Å²) >= 11 is 1.56. The maximum Gasteiger partial charge on any atom is 0.309 e. The average molecular weight is 522 g/mol. The van der Waals surface area contributed by atoms with Crippen LogP contribution in [0.1, 0.15) is 90.8 Å². The van der Waals surface area contributed by atoms with Gasteiger partial charge in [0.15, 0.2) is 0 Å².